The molecule has 5 aromatic rings. The lowest BCUT2D eigenvalue weighted by atomic mass is 9.59. The van der Waals surface area contributed by atoms with Crippen LogP contribution in [0.5, 0.6) is 0 Å². The smallest absolute Gasteiger partial charge is 0.234 e. The zero-order valence-corrected chi connectivity index (χ0v) is 23.5. The van der Waals surface area contributed by atoms with E-state index in [0.717, 1.165) is 63.1 Å². The van der Waals surface area contributed by atoms with E-state index in [0.29, 0.717) is 6.54 Å². The molecule has 0 spiro atoms. The number of ketones is 1. The highest BCUT2D eigenvalue weighted by Gasteiger charge is 2.82. The standard InChI is InChI=1S/C38H31NO3/c1-2-3-14-23-39-34(40)32-33(35(39)41)38(25-17-8-5-9-18-25)31-29-22-13-11-20-27(29)26-19-10-12-21-28(26)30(31)37(32,36(38)42)24-15-6-4-7-16-24/h4-13,15-22,32-33H,2-3,14,23H2,1H3/t32-,33+,37+,38-. The number of amides is 2. The van der Waals surface area contributed by atoms with Crippen molar-refractivity contribution in [3.63, 3.8) is 0 Å². The Hall–Kier alpha value is -4.57. The molecule has 5 aromatic carbocycles. The maximum atomic E-state index is 15.7. The Kier molecular flexibility index (Phi) is 5.37. The number of benzene rings is 5. The van der Waals surface area contributed by atoms with Crippen LogP contribution >= 0.6 is 0 Å². The van der Waals surface area contributed by atoms with E-state index in [1.807, 2.05) is 84.9 Å². The van der Waals surface area contributed by atoms with Crippen LogP contribution in [0.2, 0.25) is 0 Å². The first-order valence-electron chi connectivity index (χ1n) is 15.0. The second-order valence-corrected chi connectivity index (χ2v) is 12.0. The summed E-state index contributed by atoms with van der Waals surface area (Å²) in [5.41, 5.74) is 0.807. The fraction of sp³-hybridized carbons (Fsp3) is 0.237. The van der Waals surface area contributed by atoms with Crippen molar-refractivity contribution in [2.75, 3.05) is 6.54 Å². The molecule has 1 heterocycles. The number of fused-ring (bicyclic) bond motifs is 13. The first kappa shape index (κ1) is 25.2. The molecule has 0 aromatic heterocycles. The van der Waals surface area contributed by atoms with Gasteiger partial charge in [-0.1, -0.05) is 129 Å². The van der Waals surface area contributed by atoms with E-state index >= 15 is 4.79 Å². The van der Waals surface area contributed by atoms with Crippen LogP contribution in [0.4, 0.5) is 0 Å². The summed E-state index contributed by atoms with van der Waals surface area (Å²) < 4.78 is 0. The molecule has 2 bridgehead atoms. The number of carbonyl (C=O) groups excluding carboxylic acids is 3. The Labute approximate surface area is 245 Å². The van der Waals surface area contributed by atoms with Crippen molar-refractivity contribution in [2.24, 2.45) is 11.8 Å². The van der Waals surface area contributed by atoms with Gasteiger partial charge in [-0.05, 0) is 50.2 Å². The minimum Gasteiger partial charge on any atom is -0.297 e. The lowest BCUT2D eigenvalue weighted by Gasteiger charge is -2.38. The molecule has 4 atom stereocenters. The maximum absolute atomic E-state index is 15.7. The van der Waals surface area contributed by atoms with Crippen molar-refractivity contribution in [2.45, 2.75) is 37.0 Å². The molecular weight excluding hydrogens is 518 g/mol. The van der Waals surface area contributed by atoms with Gasteiger partial charge in [-0.25, -0.2) is 0 Å². The molecular formula is C38H31NO3. The van der Waals surface area contributed by atoms with Crippen LogP contribution in [0, 0.1) is 11.8 Å². The lowest BCUT2D eigenvalue weighted by Crippen LogP contribution is -2.45. The highest BCUT2D eigenvalue weighted by Crippen LogP contribution is 2.72. The normalized spacial score (nSPS) is 25.9. The molecule has 1 aliphatic heterocycles. The quantitative estimate of drug-likeness (QED) is 0.131. The Morgan fingerprint density at radius 3 is 1.38 bits per heavy atom. The number of rotatable bonds is 6. The highest BCUT2D eigenvalue weighted by molar-refractivity contribution is 6.29. The van der Waals surface area contributed by atoms with Gasteiger partial charge in [0.1, 0.15) is 0 Å². The summed E-state index contributed by atoms with van der Waals surface area (Å²) in [7, 11) is 0. The second kappa shape index (κ2) is 8.96. The van der Waals surface area contributed by atoms with Gasteiger partial charge in [0.2, 0.25) is 11.8 Å². The number of likely N-dealkylation sites (tertiary alicyclic amines) is 1. The molecule has 0 N–H and O–H groups in total. The van der Waals surface area contributed by atoms with Crippen LogP contribution in [0.15, 0.2) is 109 Å². The number of carbonyl (C=O) groups is 3. The Bertz CT molecular complexity index is 1800. The van der Waals surface area contributed by atoms with Gasteiger partial charge in [-0.15, -0.1) is 0 Å². The molecule has 2 amide bonds. The average Bonchev–Trinajstić information content (AvgIpc) is 3.55. The van der Waals surface area contributed by atoms with E-state index < -0.39 is 22.7 Å². The average molecular weight is 550 g/mol. The van der Waals surface area contributed by atoms with Crippen molar-refractivity contribution in [3.8, 4) is 0 Å². The van der Waals surface area contributed by atoms with Crippen molar-refractivity contribution >= 4 is 39.1 Å². The van der Waals surface area contributed by atoms with Crippen molar-refractivity contribution in [1.82, 2.24) is 4.90 Å². The van der Waals surface area contributed by atoms with E-state index in [-0.39, 0.29) is 17.6 Å². The number of Topliss-reactive ketones (excluding diaryl/α,β-unsaturated/α-hetero) is 1. The van der Waals surface area contributed by atoms with E-state index in [2.05, 4.69) is 31.2 Å². The van der Waals surface area contributed by atoms with Gasteiger partial charge >= 0.3 is 0 Å². The molecule has 8 rings (SSSR count). The van der Waals surface area contributed by atoms with Crippen LogP contribution < -0.4 is 0 Å². The highest BCUT2D eigenvalue weighted by atomic mass is 16.2. The summed E-state index contributed by atoms with van der Waals surface area (Å²) in [4.78, 5) is 46.5. The zero-order valence-electron chi connectivity index (χ0n) is 23.5. The summed E-state index contributed by atoms with van der Waals surface area (Å²) in [5, 5.41) is 4.06. The molecule has 1 saturated heterocycles. The summed E-state index contributed by atoms with van der Waals surface area (Å²) in [6.07, 6.45) is 2.69. The van der Waals surface area contributed by atoms with Crippen molar-refractivity contribution in [1.29, 1.82) is 0 Å². The van der Waals surface area contributed by atoms with Crippen molar-refractivity contribution in [3.05, 3.63) is 131 Å². The summed E-state index contributed by atoms with van der Waals surface area (Å²) in [6.45, 7) is 2.50. The summed E-state index contributed by atoms with van der Waals surface area (Å²) in [5.74, 6) is -2.08. The molecule has 42 heavy (non-hydrogen) atoms. The van der Waals surface area contributed by atoms with Gasteiger partial charge < -0.3 is 0 Å². The number of imide groups is 1. The predicted molar refractivity (Wildman–Crippen MR) is 164 cm³/mol. The predicted octanol–water partition coefficient (Wildman–Crippen LogP) is 6.95. The van der Waals surface area contributed by atoms with Crippen molar-refractivity contribution < 1.29 is 14.4 Å². The van der Waals surface area contributed by atoms with Gasteiger partial charge in [-0.2, -0.15) is 0 Å². The first-order chi connectivity index (χ1) is 20.6. The summed E-state index contributed by atoms with van der Waals surface area (Å²) >= 11 is 0. The third kappa shape index (κ3) is 2.80. The fourth-order valence-corrected chi connectivity index (χ4v) is 8.74. The fourth-order valence-electron chi connectivity index (χ4n) is 8.74. The molecule has 2 fully saturated rings. The van der Waals surface area contributed by atoms with Crippen LogP contribution in [0.3, 0.4) is 0 Å². The number of hydrogen-bond acceptors (Lipinski definition) is 3. The Morgan fingerprint density at radius 2 is 0.952 bits per heavy atom. The molecule has 0 unspecified atom stereocenters. The molecule has 3 aliphatic rings. The Morgan fingerprint density at radius 1 is 0.548 bits per heavy atom. The third-order valence-electron chi connectivity index (χ3n) is 10.2. The lowest BCUT2D eigenvalue weighted by molar-refractivity contribution is -0.143. The van der Waals surface area contributed by atoms with E-state index in [9.17, 15) is 9.59 Å². The molecule has 206 valence electrons. The molecule has 1 saturated carbocycles. The number of hydrogen-bond donors (Lipinski definition) is 0. The molecule has 2 aliphatic carbocycles. The zero-order chi connectivity index (χ0) is 28.6. The largest absolute Gasteiger partial charge is 0.297 e. The minimum atomic E-state index is -1.28. The topological polar surface area (TPSA) is 54.5 Å². The Balaban J connectivity index is 1.58. The monoisotopic (exact) mass is 549 g/mol. The van der Waals surface area contributed by atoms with E-state index in [4.69, 9.17) is 0 Å². The maximum Gasteiger partial charge on any atom is 0.234 e. The van der Waals surface area contributed by atoms with Crippen LogP contribution in [0.1, 0.15) is 48.4 Å². The third-order valence-corrected chi connectivity index (χ3v) is 10.2. The molecule has 0 radical (unpaired) electrons. The molecule has 4 nitrogen and oxygen atoms in total. The minimum absolute atomic E-state index is 0.0474. The van der Waals surface area contributed by atoms with Gasteiger partial charge in [0.15, 0.2) is 5.78 Å². The van der Waals surface area contributed by atoms with Crippen LogP contribution in [0.25, 0.3) is 21.5 Å². The van der Waals surface area contributed by atoms with E-state index in [1.165, 1.54) is 4.90 Å². The number of unbranched alkanes of at least 4 members (excludes halogenated alkanes) is 2. The van der Waals surface area contributed by atoms with Crippen LogP contribution in [-0.4, -0.2) is 29.0 Å². The summed E-state index contributed by atoms with van der Waals surface area (Å²) in [6, 6.07) is 36.0. The number of nitrogens with zero attached hydrogens (tertiary/aromatic N) is 1. The van der Waals surface area contributed by atoms with Gasteiger partial charge in [0, 0.05) is 6.54 Å². The van der Waals surface area contributed by atoms with E-state index in [1.54, 1.807) is 0 Å². The SMILES string of the molecule is CCCCCN1C(=O)[C@@H]2[C@H](C1=O)[C@@]1(c3ccccc3)C(=O)[C@]2(c2ccccc2)c2c1c1ccccc1c1ccccc21. The van der Waals surface area contributed by atoms with Gasteiger partial charge in [0.05, 0.1) is 22.7 Å². The van der Waals surface area contributed by atoms with Gasteiger partial charge in [0.25, 0.3) is 0 Å². The van der Waals surface area contributed by atoms with Gasteiger partial charge in [-0.3, -0.25) is 19.3 Å². The first-order valence-corrected chi connectivity index (χ1v) is 15.0. The second-order valence-electron chi connectivity index (χ2n) is 12.0. The molecule has 4 heteroatoms. The van der Waals surface area contributed by atoms with Crippen LogP contribution in [-0.2, 0) is 25.2 Å².